The summed E-state index contributed by atoms with van der Waals surface area (Å²) in [5.74, 6) is -0.596. The number of aliphatic hydroxyl groups is 15. The van der Waals surface area contributed by atoms with Crippen LogP contribution in [0.4, 0.5) is 16.3 Å². The Balaban J connectivity index is 0.000000319. The second kappa shape index (κ2) is 50.9. The van der Waals surface area contributed by atoms with Crippen LogP contribution in [-0.4, -0.2) is 393 Å². The number of para-hydroxylation sites is 1. The van der Waals surface area contributed by atoms with Gasteiger partial charge in [0.25, 0.3) is 11.8 Å². The highest BCUT2D eigenvalue weighted by atomic mass is 79.9. The topological polar surface area (TPSA) is 608 Å². The van der Waals surface area contributed by atoms with Gasteiger partial charge in [-0.1, -0.05) is 113 Å². The number of anilines is 1. The zero-order chi connectivity index (χ0) is 91.4. The smallest absolute Gasteiger partial charge is 0.404 e. The highest BCUT2D eigenvalue weighted by Gasteiger charge is 2.78. The van der Waals surface area contributed by atoms with Gasteiger partial charge in [0.15, 0.2) is 17.1 Å². The lowest BCUT2D eigenvalue weighted by Gasteiger charge is -2.63. The number of fused-ring (bicyclic) bond motifs is 6. The number of alkyl halides is 6. The van der Waals surface area contributed by atoms with Crippen molar-refractivity contribution in [3.8, 4) is 5.75 Å². The molecule has 27 N–H and O–H groups in total. The van der Waals surface area contributed by atoms with Crippen LogP contribution in [0.3, 0.4) is 0 Å². The predicted molar refractivity (Wildman–Crippen MR) is 475 cm³/mol. The number of rotatable bonds is 31. The number of piperidine rings is 1. The molecule has 7 aliphatic rings. The van der Waals surface area contributed by atoms with Gasteiger partial charge in [-0.25, -0.2) is 9.78 Å². The van der Waals surface area contributed by atoms with Gasteiger partial charge in [0.1, 0.15) is 53.9 Å². The van der Waals surface area contributed by atoms with Crippen LogP contribution in [0, 0.1) is 11.3 Å². The molecule has 2 aromatic carbocycles. The van der Waals surface area contributed by atoms with Crippen molar-refractivity contribution >= 4 is 133 Å². The molecule has 1 saturated carbocycles. The Bertz CT molecular complexity index is 3850. The van der Waals surface area contributed by atoms with Gasteiger partial charge in [-0.05, 0) is 81.2 Å². The summed E-state index contributed by atoms with van der Waals surface area (Å²) in [6.45, 7) is 15.2. The number of ether oxygens (including phenoxy) is 3. The number of carbonyl (C=O) groups is 4. The molecule has 44 heteroatoms. The van der Waals surface area contributed by atoms with E-state index in [-0.39, 0.29) is 57.9 Å². The van der Waals surface area contributed by atoms with Crippen LogP contribution in [0.25, 0.3) is 10.9 Å². The largest absolute Gasteiger partial charge is 0.496 e. The number of carbonyl (C=O) groups excluding carboxylic acids is 4. The molecule has 3 amide bonds. The van der Waals surface area contributed by atoms with Crippen molar-refractivity contribution in [3.63, 3.8) is 0 Å². The summed E-state index contributed by atoms with van der Waals surface area (Å²) in [6, 6.07) is 11.0. The highest BCUT2D eigenvalue weighted by Crippen LogP contribution is 2.68. The summed E-state index contributed by atoms with van der Waals surface area (Å²) < 4.78 is 16.4. The quantitative estimate of drug-likeness (QED) is 0.00689. The van der Waals surface area contributed by atoms with Gasteiger partial charge in [-0.3, -0.25) is 29.2 Å². The highest BCUT2D eigenvalue weighted by molar-refractivity contribution is 9.09. The maximum Gasteiger partial charge on any atom is 0.404 e. The molecule has 0 radical (unpaired) electrons. The van der Waals surface area contributed by atoms with Crippen molar-refractivity contribution in [1.82, 2.24) is 51.0 Å². The molecule has 694 valence electrons. The number of likely N-dealkylation sites (N-methyl/N-ethyl adjacent to an activating group) is 1. The lowest BCUT2D eigenvalue weighted by atomic mass is 9.47. The number of aliphatic hydroxyl groups excluding tert-OH is 13. The Morgan fingerprint density at radius 2 is 1.26 bits per heavy atom. The average Bonchev–Trinajstić information content (AvgIpc) is 1.47. The van der Waals surface area contributed by atoms with E-state index in [1.807, 2.05) is 62.2 Å². The monoisotopic (exact) mass is 2030 g/mol. The number of aromatic nitrogens is 3. The molecule has 6 aliphatic heterocycles. The van der Waals surface area contributed by atoms with Crippen LogP contribution in [0.2, 0.25) is 0 Å². The third kappa shape index (κ3) is 25.9. The first-order valence-electron chi connectivity index (χ1n) is 40.2. The summed E-state index contributed by atoms with van der Waals surface area (Å²) in [5, 5.41) is 171. The molecule has 1 aliphatic carbocycles. The summed E-state index contributed by atoms with van der Waals surface area (Å²) in [5.41, 5.74) is 14.4. The molecule has 9 unspecified atom stereocenters. The van der Waals surface area contributed by atoms with E-state index in [1.54, 1.807) is 28.1 Å². The van der Waals surface area contributed by atoms with Crippen molar-refractivity contribution in [3.05, 3.63) is 83.0 Å². The van der Waals surface area contributed by atoms with Gasteiger partial charge >= 0.3 is 12.1 Å². The van der Waals surface area contributed by atoms with E-state index < -0.39 is 137 Å². The first-order chi connectivity index (χ1) is 57.8. The molecule has 38 nitrogen and oxygen atoms in total. The number of imidazole rings is 1. The Morgan fingerprint density at radius 1 is 0.730 bits per heavy atom. The number of aromatic amines is 2. The van der Waals surface area contributed by atoms with E-state index in [4.69, 9.17) is 64.6 Å². The van der Waals surface area contributed by atoms with E-state index in [9.17, 15) is 70.6 Å². The fourth-order valence-corrected chi connectivity index (χ4v) is 18.9. The van der Waals surface area contributed by atoms with E-state index in [1.165, 1.54) is 18.4 Å². The second-order valence-corrected chi connectivity index (χ2v) is 34.3. The van der Waals surface area contributed by atoms with E-state index in [0.717, 1.165) is 72.7 Å². The number of primary amides is 3. The third-order valence-corrected chi connectivity index (χ3v) is 26.0. The first-order valence-corrected chi connectivity index (χ1v) is 45.8. The van der Waals surface area contributed by atoms with Gasteiger partial charge in [0, 0.05) is 184 Å². The first kappa shape index (κ1) is 108. The lowest BCUT2D eigenvalue weighted by molar-refractivity contribution is -0.201. The van der Waals surface area contributed by atoms with Crippen LogP contribution in [-0.2, 0) is 36.3 Å². The van der Waals surface area contributed by atoms with Crippen LogP contribution in [0.5, 0.6) is 5.75 Å². The molecule has 2 aromatic heterocycles. The second-order valence-electron chi connectivity index (χ2n) is 31.0. The van der Waals surface area contributed by atoms with Gasteiger partial charge in [0.2, 0.25) is 0 Å². The number of amides is 3. The van der Waals surface area contributed by atoms with Gasteiger partial charge in [-0.2, -0.15) is 0 Å². The number of H-pyrrole nitrogens is 2. The average molecular weight is 2030 g/mol. The molecule has 3 saturated heterocycles. The van der Waals surface area contributed by atoms with Crippen LogP contribution in [0.1, 0.15) is 85.7 Å². The minimum absolute atomic E-state index is 0.0790. The number of piperazine rings is 1. The van der Waals surface area contributed by atoms with Crippen molar-refractivity contribution in [2.24, 2.45) is 38.9 Å². The van der Waals surface area contributed by atoms with Crippen molar-refractivity contribution < 1.29 is 110 Å². The SMILES string of the molecule is C1CNCCN1.CCOC(N)=O.CC[C@]1(O)C[C@H]2CN(CCc3c([nH]c4ccccc34)[C@@](C(=O)OC)(c3cc4c(cc3OC)N(C)[C@H]3[C@@](O)(C(N)=O)[C@H](O)[C@]5(CC)C=CCN6CC[C@]43[C@@H]65)C2)C1.CN(C)/N=N/c1[nH]cnc1C(N)=O.OC(CBr)C(O)C(O)C(O)CBr.OC(CBr)C(O)C(O)C(O)CBr.O[C@@H]([C@H](O)[C@H](O)CNCCCl)[C@H](O)CNCCCl. The Morgan fingerprint density at radius 3 is 1.70 bits per heavy atom. The summed E-state index contributed by atoms with van der Waals surface area (Å²) >= 11 is 22.6. The van der Waals surface area contributed by atoms with Crippen LogP contribution < -0.4 is 48.1 Å². The fourth-order valence-electron chi connectivity index (χ4n) is 17.1. The minimum Gasteiger partial charge on any atom is -0.496 e. The fraction of sp³-hybridized carbons (Fsp3) is 0.705. The zero-order valence-electron chi connectivity index (χ0n) is 70.0. The Kier molecular flexibility index (Phi) is 44.9. The minimum atomic E-state index is -2.30. The molecular weight excluding hydrogens is 1900 g/mol. The maximum atomic E-state index is 15.2. The van der Waals surface area contributed by atoms with Crippen molar-refractivity contribution in [2.45, 2.75) is 173 Å². The van der Waals surface area contributed by atoms with Crippen molar-refractivity contribution in [1.29, 1.82) is 0 Å². The molecule has 4 aromatic rings. The molecule has 8 heterocycles. The van der Waals surface area contributed by atoms with Crippen LogP contribution in [0.15, 0.2) is 65.2 Å². The number of benzene rings is 2. The molecule has 22 atom stereocenters. The summed E-state index contributed by atoms with van der Waals surface area (Å²) in [6.07, 6.45) is -8.45. The van der Waals surface area contributed by atoms with Gasteiger partial charge in [-0.15, -0.1) is 28.3 Å². The third-order valence-electron chi connectivity index (χ3n) is 23.0. The van der Waals surface area contributed by atoms with Gasteiger partial charge < -0.3 is 144 Å². The summed E-state index contributed by atoms with van der Waals surface area (Å²) in [4.78, 5) is 65.9. The number of methoxy groups -OCH3 is 2. The number of nitrogens with two attached hydrogens (primary N) is 3. The molecule has 122 heavy (non-hydrogen) atoms. The summed E-state index contributed by atoms with van der Waals surface area (Å²) in [7, 11) is 8.32. The van der Waals surface area contributed by atoms with Crippen LogP contribution >= 0.6 is 86.9 Å². The van der Waals surface area contributed by atoms with Gasteiger partial charge in [0.05, 0.1) is 75.4 Å². The molecule has 4 fully saturated rings. The Hall–Kier alpha value is -4.73. The number of halogens is 6. The lowest BCUT2D eigenvalue weighted by Crippen LogP contribution is -2.81. The van der Waals surface area contributed by atoms with Crippen molar-refractivity contribution in [2.75, 3.05) is 165 Å². The molecule has 11 rings (SSSR count). The predicted octanol–water partition coefficient (Wildman–Crippen LogP) is -1.39. The molecule has 1 spiro atoms. The number of nitrogens with one attached hydrogen (secondary N) is 6. The number of esters is 1. The number of hydrogen-bond donors (Lipinski definition) is 24. The maximum absolute atomic E-state index is 15.2. The van der Waals surface area contributed by atoms with E-state index >= 15 is 4.79 Å². The standard InChI is InChI=1S/C43H55N5O7.C10H22Cl2N2O4.2C6H12Br2O4.C6H10N6O.C4H10N2.C3H7NO2/c1-6-39(52)21-25-22-42(38(51)55-5,33-27(13-17-47(23-25)24-39)26-11-8-9-12-30(26)45-33)29-19-28-31(20-32(29)54-4)46(3)35-41(28)15-18-48-16-10-14-40(7-2,34(41)48)36(49)43(35,53)37(44)50;11-1-3-13-5-7(15)9(17)10(18)8(16)6-14-4-2-12;2*7-1-3(9)5(11)6(12)4(10)2-8;1-12(2)11-10-6-4(5(7)13)8-3-9-6;1-2-6-4-3-5-1;1-2-6-3(4)5/h8-12,14,19-20,25,34-36,45,49,52-53H,6-7,13,15-18,21-24H2,1-5H3,(H2,44,50);7-10,13-18H,1-6H2;2*3-6,9-12H,1-2H2;3H,1-2H3,(H2,7,13)(H,8,9);5-6H,1-4H2;2H2,1H3,(H2,4,5)/b;;;;11-10+;;/t25-,34+,35-,36-,39+,40-,41-,42+,43+;7-,8-,9-,10-;;;;;/m11...../s1. The van der Waals surface area contributed by atoms with E-state index in [2.05, 4.69) is 143 Å². The number of hydrogen-bond acceptors (Lipinski definition) is 32. The number of nitrogens with zero attached hydrogens (tertiary/aromatic N) is 7. The van der Waals surface area contributed by atoms with E-state index in [0.29, 0.717) is 101 Å². The Labute approximate surface area is 754 Å². The molecular formula is C78H128Br4Cl2N16O22. The zero-order valence-corrected chi connectivity index (χ0v) is 77.9. The normalized spacial score (nSPS) is 27.2. The molecule has 2 bridgehead atoms.